The summed E-state index contributed by atoms with van der Waals surface area (Å²) in [5, 5.41) is 9.70. The molecule has 78 valence electrons. The molecule has 0 aliphatic carbocycles. The number of benzene rings is 1. The Morgan fingerprint density at radius 2 is 2.14 bits per heavy atom. The summed E-state index contributed by atoms with van der Waals surface area (Å²) in [6, 6.07) is 5.76. The van der Waals surface area contributed by atoms with Gasteiger partial charge in [-0.05, 0) is 38.7 Å². The van der Waals surface area contributed by atoms with E-state index in [2.05, 4.69) is 34.7 Å². The van der Waals surface area contributed by atoms with Crippen molar-refractivity contribution in [3.63, 3.8) is 0 Å². The fourth-order valence-corrected chi connectivity index (χ4v) is 1.75. The Bertz CT molecular complexity index is 314. The number of rotatable bonds is 3. The lowest BCUT2D eigenvalue weighted by Gasteiger charge is -2.24. The first kappa shape index (κ1) is 11.5. The average Bonchev–Trinajstić information content (AvgIpc) is 2.19. The number of phenols is 1. The molecule has 1 unspecified atom stereocenters. The van der Waals surface area contributed by atoms with Gasteiger partial charge in [-0.25, -0.2) is 0 Å². The van der Waals surface area contributed by atoms with Gasteiger partial charge in [0.1, 0.15) is 5.75 Å². The van der Waals surface area contributed by atoms with Crippen LogP contribution in [0.5, 0.6) is 5.75 Å². The fourth-order valence-electron chi connectivity index (χ4n) is 1.37. The minimum atomic E-state index is 0.234. The summed E-state index contributed by atoms with van der Waals surface area (Å²) < 4.78 is 1.00. The van der Waals surface area contributed by atoms with Crippen LogP contribution in [0.15, 0.2) is 22.7 Å². The molecule has 0 saturated heterocycles. The van der Waals surface area contributed by atoms with Crippen molar-refractivity contribution in [2.24, 2.45) is 0 Å². The van der Waals surface area contributed by atoms with E-state index in [9.17, 15) is 5.11 Å². The first-order valence-corrected chi connectivity index (χ1v) is 5.54. The zero-order valence-electron chi connectivity index (χ0n) is 8.79. The molecular weight excluding hydrogens is 242 g/mol. The van der Waals surface area contributed by atoms with Gasteiger partial charge in [-0.3, -0.25) is 4.90 Å². The summed E-state index contributed by atoms with van der Waals surface area (Å²) in [7, 11) is 2.05. The molecule has 0 radical (unpaired) electrons. The van der Waals surface area contributed by atoms with Crippen molar-refractivity contribution in [3.8, 4) is 5.75 Å². The molecule has 0 aliphatic heterocycles. The van der Waals surface area contributed by atoms with E-state index in [1.807, 2.05) is 19.2 Å². The van der Waals surface area contributed by atoms with Crippen LogP contribution in [-0.2, 0) is 0 Å². The lowest BCUT2D eigenvalue weighted by Crippen LogP contribution is -2.21. The van der Waals surface area contributed by atoms with E-state index in [1.165, 1.54) is 0 Å². The third-order valence-electron chi connectivity index (χ3n) is 2.60. The number of hydrogen-bond acceptors (Lipinski definition) is 2. The van der Waals surface area contributed by atoms with Crippen molar-refractivity contribution in [2.75, 3.05) is 13.6 Å². The van der Waals surface area contributed by atoms with Crippen LogP contribution < -0.4 is 0 Å². The van der Waals surface area contributed by atoms with Crippen LogP contribution in [0.4, 0.5) is 0 Å². The maximum absolute atomic E-state index is 9.70. The summed E-state index contributed by atoms with van der Waals surface area (Å²) >= 11 is 3.41. The van der Waals surface area contributed by atoms with Crippen LogP contribution in [0.1, 0.15) is 25.5 Å². The van der Waals surface area contributed by atoms with E-state index in [0.717, 1.165) is 16.6 Å². The van der Waals surface area contributed by atoms with Gasteiger partial charge >= 0.3 is 0 Å². The van der Waals surface area contributed by atoms with Gasteiger partial charge in [0, 0.05) is 16.1 Å². The van der Waals surface area contributed by atoms with Crippen molar-refractivity contribution >= 4 is 15.9 Å². The van der Waals surface area contributed by atoms with Crippen molar-refractivity contribution in [2.45, 2.75) is 19.9 Å². The molecule has 1 rings (SSSR count). The molecule has 3 heteroatoms. The van der Waals surface area contributed by atoms with Gasteiger partial charge in [0.25, 0.3) is 0 Å². The van der Waals surface area contributed by atoms with Gasteiger partial charge < -0.3 is 5.11 Å². The van der Waals surface area contributed by atoms with E-state index in [1.54, 1.807) is 6.07 Å². The highest BCUT2D eigenvalue weighted by molar-refractivity contribution is 9.10. The molecule has 1 atom stereocenters. The van der Waals surface area contributed by atoms with E-state index in [-0.39, 0.29) is 6.04 Å². The topological polar surface area (TPSA) is 23.5 Å². The summed E-state index contributed by atoms with van der Waals surface area (Å²) in [5.41, 5.74) is 0.962. The van der Waals surface area contributed by atoms with Gasteiger partial charge in [-0.1, -0.05) is 22.9 Å². The average molecular weight is 258 g/mol. The maximum Gasteiger partial charge on any atom is 0.120 e. The summed E-state index contributed by atoms with van der Waals surface area (Å²) in [6.07, 6.45) is 0. The Hall–Kier alpha value is -0.540. The largest absolute Gasteiger partial charge is 0.508 e. The molecule has 0 aromatic heterocycles. The van der Waals surface area contributed by atoms with Gasteiger partial charge in [-0.2, -0.15) is 0 Å². The standard InChI is InChI=1S/C11H16BrNO/c1-4-13(3)8(2)10-7-9(12)5-6-11(10)14/h5-8,14H,4H2,1-3H3. The second-order valence-corrected chi connectivity index (χ2v) is 4.37. The Kier molecular flexibility index (Phi) is 3.96. The third kappa shape index (κ3) is 2.49. The van der Waals surface area contributed by atoms with E-state index < -0.39 is 0 Å². The monoisotopic (exact) mass is 257 g/mol. The maximum atomic E-state index is 9.70. The Morgan fingerprint density at radius 1 is 1.50 bits per heavy atom. The minimum absolute atomic E-state index is 0.234. The lowest BCUT2D eigenvalue weighted by atomic mass is 10.1. The smallest absolute Gasteiger partial charge is 0.120 e. The molecule has 0 heterocycles. The van der Waals surface area contributed by atoms with Gasteiger partial charge in [-0.15, -0.1) is 0 Å². The van der Waals surface area contributed by atoms with Crippen molar-refractivity contribution in [3.05, 3.63) is 28.2 Å². The molecule has 0 fully saturated rings. The molecule has 0 aliphatic rings. The number of nitrogens with zero attached hydrogens (tertiary/aromatic N) is 1. The van der Waals surface area contributed by atoms with Crippen LogP contribution in [0.2, 0.25) is 0 Å². The first-order chi connectivity index (χ1) is 6.56. The number of aromatic hydroxyl groups is 1. The van der Waals surface area contributed by atoms with Crippen LogP contribution in [0.25, 0.3) is 0 Å². The van der Waals surface area contributed by atoms with E-state index >= 15 is 0 Å². The predicted molar refractivity (Wildman–Crippen MR) is 62.5 cm³/mol. The second-order valence-electron chi connectivity index (χ2n) is 3.45. The molecular formula is C11H16BrNO. The van der Waals surface area contributed by atoms with Crippen molar-refractivity contribution in [1.29, 1.82) is 0 Å². The van der Waals surface area contributed by atoms with Crippen LogP contribution in [0.3, 0.4) is 0 Å². The Labute approximate surface area is 93.7 Å². The lowest BCUT2D eigenvalue weighted by molar-refractivity contribution is 0.269. The Morgan fingerprint density at radius 3 is 2.71 bits per heavy atom. The SMILES string of the molecule is CCN(C)C(C)c1cc(Br)ccc1O. The zero-order valence-corrected chi connectivity index (χ0v) is 10.4. The van der Waals surface area contributed by atoms with Crippen molar-refractivity contribution < 1.29 is 5.11 Å². The second kappa shape index (κ2) is 4.80. The molecule has 1 aromatic rings. The number of phenolic OH excluding ortho intramolecular Hbond substituents is 1. The van der Waals surface area contributed by atoms with E-state index in [4.69, 9.17) is 0 Å². The highest BCUT2D eigenvalue weighted by atomic mass is 79.9. The van der Waals surface area contributed by atoms with E-state index in [0.29, 0.717) is 5.75 Å². The van der Waals surface area contributed by atoms with Crippen LogP contribution >= 0.6 is 15.9 Å². The zero-order chi connectivity index (χ0) is 10.7. The molecule has 2 nitrogen and oxygen atoms in total. The molecule has 0 amide bonds. The van der Waals surface area contributed by atoms with Crippen LogP contribution in [0, 0.1) is 0 Å². The highest BCUT2D eigenvalue weighted by Gasteiger charge is 2.13. The molecule has 0 spiro atoms. The molecule has 0 bridgehead atoms. The van der Waals surface area contributed by atoms with Crippen LogP contribution in [-0.4, -0.2) is 23.6 Å². The quantitative estimate of drug-likeness (QED) is 0.900. The summed E-state index contributed by atoms with van der Waals surface area (Å²) in [4.78, 5) is 2.18. The summed E-state index contributed by atoms with van der Waals surface area (Å²) in [6.45, 7) is 5.16. The predicted octanol–water partition coefficient (Wildman–Crippen LogP) is 3.17. The van der Waals surface area contributed by atoms with Gasteiger partial charge in [0.05, 0.1) is 0 Å². The molecule has 1 aromatic carbocycles. The number of halogens is 1. The van der Waals surface area contributed by atoms with Gasteiger partial charge in [0.2, 0.25) is 0 Å². The van der Waals surface area contributed by atoms with Crippen molar-refractivity contribution in [1.82, 2.24) is 4.90 Å². The fraction of sp³-hybridized carbons (Fsp3) is 0.455. The normalized spacial score (nSPS) is 13.2. The molecule has 14 heavy (non-hydrogen) atoms. The molecule has 1 N–H and O–H groups in total. The third-order valence-corrected chi connectivity index (χ3v) is 3.09. The molecule has 0 saturated carbocycles. The van der Waals surface area contributed by atoms with Gasteiger partial charge in [0.15, 0.2) is 0 Å². The highest BCUT2D eigenvalue weighted by Crippen LogP contribution is 2.29. The summed E-state index contributed by atoms with van der Waals surface area (Å²) in [5.74, 6) is 0.362. The number of hydrogen-bond donors (Lipinski definition) is 1. The Balaban J connectivity index is 2.99. The minimum Gasteiger partial charge on any atom is -0.508 e. The first-order valence-electron chi connectivity index (χ1n) is 4.75.